The van der Waals surface area contributed by atoms with E-state index in [0.29, 0.717) is 32.9 Å². The number of carbonyl (C=O) groups is 3. The first-order valence-corrected chi connectivity index (χ1v) is 9.31. The number of Topliss-reactive ketones (excluding diaryl/α,β-unsaturated/α-hetero) is 1. The minimum absolute atomic E-state index is 0.143. The van der Waals surface area contributed by atoms with Crippen LogP contribution < -0.4 is 5.43 Å². The molecule has 0 saturated heterocycles. The average molecular weight is 379 g/mol. The number of fused-ring (bicyclic) bond motifs is 3. The molecule has 0 aliphatic heterocycles. The smallest absolute Gasteiger partial charge is 0.235 e. The largest absolute Gasteiger partial charge is 0.294 e. The second-order valence-corrected chi connectivity index (χ2v) is 7.31. The second-order valence-electron chi connectivity index (χ2n) is 6.36. The standard InChI is InChI=1S/C20H17N3O3S/c1-11-17(12(2)24)20-22(18(11)19(26)16-9-6-10-27-16)14-7-4-5-8-15(14)23(20)21-13(3)25/h4-10H,1-3H3,(H,21,25). The fourth-order valence-corrected chi connectivity index (χ4v) is 4.23. The molecule has 136 valence electrons. The molecule has 0 radical (unpaired) electrons. The van der Waals surface area contributed by atoms with E-state index in [9.17, 15) is 14.4 Å². The number of amides is 1. The summed E-state index contributed by atoms with van der Waals surface area (Å²) in [5.74, 6) is -0.571. The highest BCUT2D eigenvalue weighted by Crippen LogP contribution is 2.32. The molecule has 0 bridgehead atoms. The fraction of sp³-hybridized carbons (Fsp3) is 0.150. The zero-order valence-electron chi connectivity index (χ0n) is 15.1. The van der Waals surface area contributed by atoms with Crippen molar-refractivity contribution in [3.8, 4) is 0 Å². The highest BCUT2D eigenvalue weighted by atomic mass is 32.1. The maximum absolute atomic E-state index is 13.2. The minimum atomic E-state index is -0.266. The van der Waals surface area contributed by atoms with Crippen LogP contribution in [0.2, 0.25) is 0 Å². The molecule has 0 fully saturated rings. The maximum atomic E-state index is 13.2. The van der Waals surface area contributed by atoms with Crippen molar-refractivity contribution in [2.75, 3.05) is 5.43 Å². The molecular formula is C20H17N3O3S. The highest BCUT2D eigenvalue weighted by Gasteiger charge is 2.29. The maximum Gasteiger partial charge on any atom is 0.235 e. The van der Waals surface area contributed by atoms with E-state index in [1.807, 2.05) is 35.7 Å². The van der Waals surface area contributed by atoms with E-state index in [2.05, 4.69) is 5.43 Å². The van der Waals surface area contributed by atoms with Gasteiger partial charge in [-0.15, -0.1) is 11.3 Å². The highest BCUT2D eigenvalue weighted by molar-refractivity contribution is 7.12. The molecule has 1 amide bonds. The summed E-state index contributed by atoms with van der Waals surface area (Å²) in [6, 6.07) is 11.0. The Morgan fingerprint density at radius 3 is 2.30 bits per heavy atom. The zero-order valence-corrected chi connectivity index (χ0v) is 15.9. The van der Waals surface area contributed by atoms with Gasteiger partial charge in [-0.3, -0.25) is 24.2 Å². The lowest BCUT2D eigenvalue weighted by Crippen LogP contribution is -2.20. The van der Waals surface area contributed by atoms with Crippen LogP contribution in [0.1, 0.15) is 45.1 Å². The van der Waals surface area contributed by atoms with Crippen molar-refractivity contribution in [1.82, 2.24) is 9.08 Å². The molecule has 4 rings (SSSR count). The molecule has 3 heterocycles. The summed E-state index contributed by atoms with van der Waals surface area (Å²) in [6.45, 7) is 4.65. The van der Waals surface area contributed by atoms with Gasteiger partial charge in [0.1, 0.15) is 11.3 Å². The van der Waals surface area contributed by atoms with E-state index in [1.165, 1.54) is 25.2 Å². The summed E-state index contributed by atoms with van der Waals surface area (Å²) in [5.41, 5.74) is 6.22. The van der Waals surface area contributed by atoms with Gasteiger partial charge >= 0.3 is 0 Å². The van der Waals surface area contributed by atoms with E-state index in [0.717, 1.165) is 5.52 Å². The van der Waals surface area contributed by atoms with Crippen LogP contribution in [0.3, 0.4) is 0 Å². The number of aromatic nitrogens is 2. The molecule has 1 N–H and O–H groups in total. The number of ketones is 2. The first-order chi connectivity index (χ1) is 12.9. The van der Waals surface area contributed by atoms with Crippen molar-refractivity contribution < 1.29 is 14.4 Å². The molecule has 0 saturated carbocycles. The molecule has 7 heteroatoms. The first-order valence-electron chi connectivity index (χ1n) is 8.43. The van der Waals surface area contributed by atoms with Crippen molar-refractivity contribution in [1.29, 1.82) is 0 Å². The van der Waals surface area contributed by atoms with Gasteiger partial charge in [0.05, 0.1) is 21.5 Å². The molecule has 27 heavy (non-hydrogen) atoms. The molecule has 4 aromatic rings. The molecule has 0 aliphatic carbocycles. The van der Waals surface area contributed by atoms with Crippen LogP contribution in [0.25, 0.3) is 16.7 Å². The van der Waals surface area contributed by atoms with Crippen molar-refractivity contribution in [3.05, 3.63) is 63.5 Å². The third kappa shape index (κ3) is 2.50. The van der Waals surface area contributed by atoms with Crippen LogP contribution in [0.15, 0.2) is 41.8 Å². The number of hydrogen-bond donors (Lipinski definition) is 1. The zero-order chi connectivity index (χ0) is 19.3. The fourth-order valence-electron chi connectivity index (χ4n) is 3.56. The van der Waals surface area contributed by atoms with Crippen molar-refractivity contribution >= 4 is 45.5 Å². The summed E-state index contributed by atoms with van der Waals surface area (Å²) >= 11 is 1.36. The summed E-state index contributed by atoms with van der Waals surface area (Å²) in [7, 11) is 0. The monoisotopic (exact) mass is 379 g/mol. The van der Waals surface area contributed by atoms with E-state index >= 15 is 0 Å². The van der Waals surface area contributed by atoms with Gasteiger partial charge in [-0.2, -0.15) is 0 Å². The number of carbonyl (C=O) groups excluding carboxylic acids is 3. The van der Waals surface area contributed by atoms with Gasteiger partial charge in [0.25, 0.3) is 0 Å². The summed E-state index contributed by atoms with van der Waals surface area (Å²) in [4.78, 5) is 38.1. The average Bonchev–Trinajstić information content (AvgIpc) is 3.30. The van der Waals surface area contributed by atoms with Gasteiger partial charge < -0.3 is 0 Å². The Balaban J connectivity index is 2.20. The van der Waals surface area contributed by atoms with Crippen LogP contribution >= 0.6 is 11.3 Å². The second kappa shape index (κ2) is 6.21. The topological polar surface area (TPSA) is 72.6 Å². The Hall–Kier alpha value is -3.19. The number of hydrogen-bond acceptors (Lipinski definition) is 4. The number of nitrogens with one attached hydrogen (secondary N) is 1. The lowest BCUT2D eigenvalue weighted by Gasteiger charge is -2.07. The Morgan fingerprint density at radius 2 is 1.70 bits per heavy atom. The van der Waals surface area contributed by atoms with Crippen molar-refractivity contribution in [2.45, 2.75) is 20.8 Å². The SMILES string of the molecule is CC(=O)Nn1c2ccccc2n2c(C(=O)c3cccs3)c(C)c(C(C)=O)c12. The normalized spacial score (nSPS) is 11.2. The van der Waals surface area contributed by atoms with Crippen LogP contribution in [-0.2, 0) is 4.79 Å². The van der Waals surface area contributed by atoms with E-state index in [-0.39, 0.29) is 17.5 Å². The van der Waals surface area contributed by atoms with Gasteiger partial charge in [-0.05, 0) is 43.0 Å². The molecule has 3 aromatic heterocycles. The molecule has 1 aromatic carbocycles. The summed E-state index contributed by atoms with van der Waals surface area (Å²) in [5, 5.41) is 1.85. The van der Waals surface area contributed by atoms with Gasteiger partial charge in [0.15, 0.2) is 5.78 Å². The third-order valence-electron chi connectivity index (χ3n) is 4.55. The lowest BCUT2D eigenvalue weighted by atomic mass is 10.1. The molecule has 0 unspecified atom stereocenters. The Labute approximate surface area is 159 Å². The van der Waals surface area contributed by atoms with Gasteiger partial charge in [0.2, 0.25) is 11.7 Å². The molecule has 0 aliphatic rings. The molecule has 0 atom stereocenters. The number of benzene rings is 1. The van der Waals surface area contributed by atoms with E-state index in [1.54, 1.807) is 22.1 Å². The first kappa shape index (κ1) is 17.2. The van der Waals surface area contributed by atoms with Gasteiger partial charge in [-0.1, -0.05) is 18.2 Å². The Kier molecular flexibility index (Phi) is 3.96. The third-order valence-corrected chi connectivity index (χ3v) is 5.41. The van der Waals surface area contributed by atoms with Crippen LogP contribution in [0.4, 0.5) is 0 Å². The van der Waals surface area contributed by atoms with Crippen LogP contribution in [0, 0.1) is 6.92 Å². The number of thiophene rings is 1. The number of imidazole rings is 1. The van der Waals surface area contributed by atoms with Crippen LogP contribution in [0.5, 0.6) is 0 Å². The predicted molar refractivity (Wildman–Crippen MR) is 105 cm³/mol. The molecule has 0 spiro atoms. The predicted octanol–water partition coefficient (Wildman–Crippen LogP) is 3.79. The number of para-hydroxylation sites is 2. The minimum Gasteiger partial charge on any atom is -0.294 e. The number of nitrogens with zero attached hydrogens (tertiary/aromatic N) is 2. The molecular weight excluding hydrogens is 362 g/mol. The Bertz CT molecular complexity index is 1230. The van der Waals surface area contributed by atoms with E-state index < -0.39 is 0 Å². The van der Waals surface area contributed by atoms with Crippen LogP contribution in [-0.4, -0.2) is 26.6 Å². The summed E-state index contributed by atoms with van der Waals surface area (Å²) < 4.78 is 3.37. The van der Waals surface area contributed by atoms with Crippen molar-refractivity contribution in [2.24, 2.45) is 0 Å². The van der Waals surface area contributed by atoms with E-state index in [4.69, 9.17) is 0 Å². The van der Waals surface area contributed by atoms with Gasteiger partial charge in [0, 0.05) is 6.92 Å². The number of rotatable bonds is 4. The molecule has 6 nitrogen and oxygen atoms in total. The van der Waals surface area contributed by atoms with Crippen molar-refractivity contribution in [3.63, 3.8) is 0 Å². The van der Waals surface area contributed by atoms with Gasteiger partial charge in [-0.25, -0.2) is 4.68 Å². The lowest BCUT2D eigenvalue weighted by molar-refractivity contribution is -0.115. The quantitative estimate of drug-likeness (QED) is 0.548. The Morgan fingerprint density at radius 1 is 1.00 bits per heavy atom. The summed E-state index contributed by atoms with van der Waals surface area (Å²) in [6.07, 6.45) is 0.